The molecule has 0 saturated heterocycles. The van der Waals surface area contributed by atoms with Crippen LogP contribution in [0.2, 0.25) is 0 Å². The minimum absolute atomic E-state index is 0.00538. The fourth-order valence-corrected chi connectivity index (χ4v) is 5.87. The smallest absolute Gasteiger partial charge is 0.341 e. The number of carbonyl (C=O) groups is 2. The Morgan fingerprint density at radius 3 is 2.22 bits per heavy atom. The van der Waals surface area contributed by atoms with E-state index in [0.29, 0.717) is 22.3 Å². The molecule has 6 aromatic rings. The molecule has 0 amide bonds. The standard InChI is InChI=1S/C35H25N9O9S/c1-19-13-27(42-43-33-22(15-31(45)46)23(17-36)34-37-24-9-5-6-10-28(24)44(34)35(33)49)29(53-18-32(47)48)16-26(19)41-40-25-12-11-21(14-30(25)54(50,51)52)39-38-20-7-3-2-4-8-20/h2-14,16,49H,15,18H2,1H3,(H,45,46)(H,47,48)(H,50,51,52). The second-order valence-corrected chi connectivity index (χ2v) is 12.7. The van der Waals surface area contributed by atoms with E-state index in [-0.39, 0.29) is 51.0 Å². The fraction of sp³-hybridized carbons (Fsp3) is 0.0857. The zero-order valence-electron chi connectivity index (χ0n) is 27.8. The maximum atomic E-state index is 12.3. The molecule has 270 valence electrons. The number of aromatic hydroxyl groups is 1. The van der Waals surface area contributed by atoms with Gasteiger partial charge in [-0.3, -0.25) is 13.7 Å². The quantitative estimate of drug-likeness (QED) is 0.0688. The van der Waals surface area contributed by atoms with Crippen LogP contribution in [0.1, 0.15) is 16.7 Å². The molecule has 0 unspecified atom stereocenters. The average Bonchev–Trinajstić information content (AvgIpc) is 3.52. The molecule has 0 bridgehead atoms. The first-order valence-electron chi connectivity index (χ1n) is 15.5. The highest BCUT2D eigenvalue weighted by molar-refractivity contribution is 7.86. The highest BCUT2D eigenvalue weighted by Gasteiger charge is 2.25. The van der Waals surface area contributed by atoms with Gasteiger partial charge in [-0.15, -0.1) is 15.3 Å². The lowest BCUT2D eigenvalue weighted by Gasteiger charge is -2.12. The number of nitriles is 1. The van der Waals surface area contributed by atoms with Gasteiger partial charge < -0.3 is 20.1 Å². The van der Waals surface area contributed by atoms with Gasteiger partial charge in [0.1, 0.15) is 33.7 Å². The minimum Gasteiger partial charge on any atom is -0.493 e. The first kappa shape index (κ1) is 36.4. The maximum absolute atomic E-state index is 12.3. The molecule has 0 atom stereocenters. The van der Waals surface area contributed by atoms with E-state index in [1.807, 2.05) is 6.07 Å². The first-order chi connectivity index (χ1) is 25.8. The summed E-state index contributed by atoms with van der Waals surface area (Å²) in [5.41, 5.74) is 0.794. The van der Waals surface area contributed by atoms with Gasteiger partial charge in [0.2, 0.25) is 5.88 Å². The number of carboxylic acids is 2. The number of para-hydroxylation sites is 2. The Labute approximate surface area is 304 Å². The third kappa shape index (κ3) is 7.74. The molecule has 0 spiro atoms. The number of ether oxygens (including phenoxy) is 1. The Morgan fingerprint density at radius 1 is 0.833 bits per heavy atom. The highest BCUT2D eigenvalue weighted by Crippen LogP contribution is 2.42. The van der Waals surface area contributed by atoms with E-state index in [0.717, 1.165) is 6.07 Å². The Kier molecular flexibility index (Phi) is 10.1. The molecule has 18 nitrogen and oxygen atoms in total. The Balaban J connectivity index is 1.42. The minimum atomic E-state index is -4.82. The number of carboxylic acid groups (broad SMARTS) is 2. The van der Waals surface area contributed by atoms with Crippen molar-refractivity contribution >= 4 is 72.9 Å². The van der Waals surface area contributed by atoms with Gasteiger partial charge in [-0.05, 0) is 61.0 Å². The van der Waals surface area contributed by atoms with Crippen molar-refractivity contribution < 1.29 is 42.6 Å². The molecule has 6 rings (SSSR count). The number of benzene rings is 4. The number of azo groups is 3. The van der Waals surface area contributed by atoms with E-state index in [1.54, 1.807) is 61.5 Å². The molecule has 4 N–H and O–H groups in total. The van der Waals surface area contributed by atoms with Crippen LogP contribution in [-0.2, 0) is 26.1 Å². The molecular formula is C35H25N9O9S. The van der Waals surface area contributed by atoms with Gasteiger partial charge in [0.15, 0.2) is 17.9 Å². The molecule has 0 aliphatic heterocycles. The molecule has 54 heavy (non-hydrogen) atoms. The molecule has 2 aromatic heterocycles. The van der Waals surface area contributed by atoms with Gasteiger partial charge in [-0.2, -0.15) is 29.0 Å². The van der Waals surface area contributed by atoms with E-state index in [9.17, 15) is 43.1 Å². The van der Waals surface area contributed by atoms with Crippen LogP contribution in [0.25, 0.3) is 16.7 Å². The Morgan fingerprint density at radius 2 is 1.52 bits per heavy atom. The number of nitrogens with zero attached hydrogens (tertiary/aromatic N) is 9. The van der Waals surface area contributed by atoms with Crippen molar-refractivity contribution in [1.82, 2.24) is 9.38 Å². The number of imidazole rings is 1. The molecule has 0 saturated carbocycles. The van der Waals surface area contributed by atoms with Crippen LogP contribution in [0.4, 0.5) is 34.1 Å². The van der Waals surface area contributed by atoms with Crippen LogP contribution >= 0.6 is 0 Å². The van der Waals surface area contributed by atoms with E-state index in [4.69, 9.17) is 4.74 Å². The normalized spacial score (nSPS) is 11.9. The summed E-state index contributed by atoms with van der Waals surface area (Å²) in [7, 11) is -4.82. The largest absolute Gasteiger partial charge is 0.493 e. The van der Waals surface area contributed by atoms with Crippen LogP contribution in [0, 0.1) is 18.3 Å². The van der Waals surface area contributed by atoms with Gasteiger partial charge in [-0.1, -0.05) is 30.3 Å². The molecule has 2 heterocycles. The lowest BCUT2D eigenvalue weighted by atomic mass is 10.0. The molecule has 0 aliphatic carbocycles. The summed E-state index contributed by atoms with van der Waals surface area (Å²) in [6.07, 6.45) is -0.729. The van der Waals surface area contributed by atoms with Crippen molar-refractivity contribution in [2.75, 3.05) is 6.61 Å². The first-order valence-corrected chi connectivity index (χ1v) is 17.0. The highest BCUT2D eigenvalue weighted by atomic mass is 32.2. The van der Waals surface area contributed by atoms with Crippen molar-refractivity contribution in [2.45, 2.75) is 18.2 Å². The van der Waals surface area contributed by atoms with Crippen molar-refractivity contribution in [3.63, 3.8) is 0 Å². The second-order valence-electron chi connectivity index (χ2n) is 11.3. The fourth-order valence-electron chi connectivity index (χ4n) is 5.23. The lowest BCUT2D eigenvalue weighted by Crippen LogP contribution is -2.09. The number of hydrogen-bond acceptors (Lipinski definition) is 14. The van der Waals surface area contributed by atoms with Crippen LogP contribution < -0.4 is 4.74 Å². The van der Waals surface area contributed by atoms with Gasteiger partial charge in [0, 0.05) is 11.6 Å². The predicted octanol–water partition coefficient (Wildman–Crippen LogP) is 7.96. The molecular weight excluding hydrogens is 723 g/mol. The summed E-state index contributed by atoms with van der Waals surface area (Å²) < 4.78 is 41.2. The number of pyridine rings is 1. The van der Waals surface area contributed by atoms with E-state index in [2.05, 4.69) is 35.7 Å². The Bertz CT molecular complexity index is 2720. The summed E-state index contributed by atoms with van der Waals surface area (Å²) in [5, 5.41) is 64.9. The van der Waals surface area contributed by atoms with Gasteiger partial charge in [0.25, 0.3) is 10.1 Å². The molecule has 0 fully saturated rings. The summed E-state index contributed by atoms with van der Waals surface area (Å²) in [5.74, 6) is -3.43. The average molecular weight is 748 g/mol. The number of aryl methyl sites for hydroxylation is 1. The van der Waals surface area contributed by atoms with Crippen LogP contribution in [0.15, 0.2) is 121 Å². The van der Waals surface area contributed by atoms with Gasteiger partial charge in [-0.25, -0.2) is 9.78 Å². The number of rotatable bonds is 12. The van der Waals surface area contributed by atoms with Crippen molar-refractivity contribution in [3.8, 4) is 17.7 Å². The zero-order valence-corrected chi connectivity index (χ0v) is 28.6. The summed E-state index contributed by atoms with van der Waals surface area (Å²) in [4.78, 5) is 27.1. The predicted molar refractivity (Wildman–Crippen MR) is 190 cm³/mol. The van der Waals surface area contributed by atoms with Crippen LogP contribution in [-0.4, -0.2) is 56.2 Å². The molecule has 0 radical (unpaired) electrons. The van der Waals surface area contributed by atoms with Gasteiger partial charge >= 0.3 is 11.9 Å². The van der Waals surface area contributed by atoms with Crippen molar-refractivity contribution in [3.05, 3.63) is 102 Å². The number of hydrogen-bond donors (Lipinski definition) is 4. The van der Waals surface area contributed by atoms with E-state index in [1.165, 1.54) is 28.7 Å². The summed E-state index contributed by atoms with van der Waals surface area (Å²) in [6, 6.07) is 23.6. The maximum Gasteiger partial charge on any atom is 0.341 e. The van der Waals surface area contributed by atoms with Crippen LogP contribution in [0.3, 0.4) is 0 Å². The lowest BCUT2D eigenvalue weighted by molar-refractivity contribution is -0.139. The third-order valence-corrected chi connectivity index (χ3v) is 8.53. The van der Waals surface area contributed by atoms with Crippen molar-refractivity contribution in [1.29, 1.82) is 5.26 Å². The molecule has 4 aromatic carbocycles. The summed E-state index contributed by atoms with van der Waals surface area (Å²) in [6.45, 7) is 0.727. The third-order valence-electron chi connectivity index (χ3n) is 7.65. The van der Waals surface area contributed by atoms with Gasteiger partial charge in [0.05, 0.1) is 34.5 Å². The van der Waals surface area contributed by atoms with E-state index >= 15 is 0 Å². The Hall–Kier alpha value is -7.43. The van der Waals surface area contributed by atoms with Crippen molar-refractivity contribution in [2.24, 2.45) is 30.7 Å². The SMILES string of the molecule is Cc1cc(N=Nc2c(CC(=O)O)c(C#N)c3nc4ccccc4n3c2O)c(OCC(=O)O)cc1N=Nc1ccc(N=Nc2ccccc2)cc1S(=O)(=O)O. The molecule has 19 heteroatoms. The number of aromatic nitrogens is 2. The zero-order chi connectivity index (χ0) is 38.6. The molecule has 0 aliphatic rings. The number of fused-ring (bicyclic) bond motifs is 3. The van der Waals surface area contributed by atoms with E-state index < -0.39 is 45.9 Å². The monoisotopic (exact) mass is 747 g/mol. The van der Waals surface area contributed by atoms with Crippen LogP contribution in [0.5, 0.6) is 11.6 Å². The summed E-state index contributed by atoms with van der Waals surface area (Å²) >= 11 is 0. The topological polar surface area (TPSA) is 274 Å². The second kappa shape index (κ2) is 15.0. The number of aliphatic carboxylic acids is 2.